The highest BCUT2D eigenvalue weighted by Gasteiger charge is 2.21. The van der Waals surface area contributed by atoms with Crippen LogP contribution < -0.4 is 0 Å². The van der Waals surface area contributed by atoms with Gasteiger partial charge in [-0.1, -0.05) is 27.4 Å². The first-order valence-electron chi connectivity index (χ1n) is 3.18. The van der Waals surface area contributed by atoms with Gasteiger partial charge in [0.05, 0.1) is 8.15 Å². The van der Waals surface area contributed by atoms with Gasteiger partial charge in [0.25, 0.3) is 0 Å². The average molecular weight is 162 g/mol. The van der Waals surface area contributed by atoms with Gasteiger partial charge in [-0.2, -0.15) is 0 Å². The van der Waals surface area contributed by atoms with E-state index in [9.17, 15) is 0 Å². The minimum Gasteiger partial charge on any atom is -0.370 e. The molecule has 0 aromatic heterocycles. The summed E-state index contributed by atoms with van der Waals surface area (Å²) in [6.45, 7) is 9.62. The zero-order chi connectivity index (χ0) is 8.20. The molecule has 0 aliphatic heterocycles. The van der Waals surface area contributed by atoms with E-state index in [1.165, 1.54) is 0 Å². The SMILES string of the molecule is C=CP(OCO)C(C)(C)C. The first-order valence-corrected chi connectivity index (χ1v) is 4.51. The zero-order valence-corrected chi connectivity index (χ0v) is 7.69. The van der Waals surface area contributed by atoms with Crippen LogP contribution in [0.15, 0.2) is 12.4 Å². The lowest BCUT2D eigenvalue weighted by Crippen LogP contribution is -2.11. The van der Waals surface area contributed by atoms with Gasteiger partial charge in [-0.25, -0.2) is 0 Å². The van der Waals surface area contributed by atoms with Crippen LogP contribution in [0.3, 0.4) is 0 Å². The highest BCUT2D eigenvalue weighted by Crippen LogP contribution is 2.50. The standard InChI is InChI=1S/C7H15O2P/c1-5-10(9-6-8)7(2,3)4/h5,8H,1,6H2,2-4H3. The van der Waals surface area contributed by atoms with Crippen molar-refractivity contribution in [2.24, 2.45) is 0 Å². The molecule has 0 aromatic rings. The van der Waals surface area contributed by atoms with Crippen LogP contribution in [0.5, 0.6) is 0 Å². The van der Waals surface area contributed by atoms with Gasteiger partial charge in [0.1, 0.15) is 6.79 Å². The molecular weight excluding hydrogens is 147 g/mol. The third kappa shape index (κ3) is 3.31. The van der Waals surface area contributed by atoms with Crippen LogP contribution in [0.1, 0.15) is 20.8 Å². The third-order valence-corrected chi connectivity index (χ3v) is 3.07. The van der Waals surface area contributed by atoms with Gasteiger partial charge in [0.15, 0.2) is 0 Å². The minimum absolute atomic E-state index is 0.0831. The fourth-order valence-corrected chi connectivity index (χ4v) is 1.75. The van der Waals surface area contributed by atoms with E-state index in [1.807, 2.05) is 0 Å². The van der Waals surface area contributed by atoms with E-state index in [2.05, 4.69) is 27.4 Å². The molecule has 10 heavy (non-hydrogen) atoms. The molecule has 0 heterocycles. The normalized spacial score (nSPS) is 14.8. The molecule has 0 saturated carbocycles. The van der Waals surface area contributed by atoms with Crippen molar-refractivity contribution in [3.63, 3.8) is 0 Å². The Morgan fingerprint density at radius 3 is 2.20 bits per heavy atom. The summed E-state index contributed by atoms with van der Waals surface area (Å²) in [4.78, 5) is 0. The van der Waals surface area contributed by atoms with Crippen LogP contribution >= 0.6 is 8.15 Å². The lowest BCUT2D eigenvalue weighted by molar-refractivity contribution is 0.110. The Morgan fingerprint density at radius 2 is 2.10 bits per heavy atom. The first kappa shape index (κ1) is 10.1. The highest BCUT2D eigenvalue weighted by molar-refractivity contribution is 7.57. The molecule has 0 spiro atoms. The summed E-state index contributed by atoms with van der Waals surface area (Å²) < 4.78 is 5.06. The predicted molar refractivity (Wildman–Crippen MR) is 45.0 cm³/mol. The highest BCUT2D eigenvalue weighted by atomic mass is 31.1. The number of aliphatic hydroxyl groups is 1. The fraction of sp³-hybridized carbons (Fsp3) is 0.714. The molecule has 0 rings (SSSR count). The van der Waals surface area contributed by atoms with Gasteiger partial charge >= 0.3 is 0 Å². The van der Waals surface area contributed by atoms with E-state index >= 15 is 0 Å². The Labute approximate surface area is 63.7 Å². The second-order valence-corrected chi connectivity index (χ2v) is 5.55. The molecule has 1 N–H and O–H groups in total. The molecular formula is C7H15O2P. The van der Waals surface area contributed by atoms with Crippen molar-refractivity contribution in [2.45, 2.75) is 25.9 Å². The number of aliphatic hydroxyl groups excluding tert-OH is 1. The van der Waals surface area contributed by atoms with E-state index in [4.69, 9.17) is 9.63 Å². The molecule has 1 atom stereocenters. The summed E-state index contributed by atoms with van der Waals surface area (Å²) >= 11 is 0. The first-order chi connectivity index (χ1) is 4.52. The van der Waals surface area contributed by atoms with Crippen LogP contribution in [-0.2, 0) is 4.52 Å². The van der Waals surface area contributed by atoms with Crippen LogP contribution in [0.2, 0.25) is 0 Å². The summed E-state index contributed by atoms with van der Waals surface area (Å²) in [6.07, 6.45) is 0. The number of rotatable bonds is 3. The van der Waals surface area contributed by atoms with E-state index in [0.29, 0.717) is 0 Å². The topological polar surface area (TPSA) is 29.5 Å². The summed E-state index contributed by atoms with van der Waals surface area (Å²) in [6, 6.07) is 0. The van der Waals surface area contributed by atoms with Crippen molar-refractivity contribution in [3.8, 4) is 0 Å². The van der Waals surface area contributed by atoms with E-state index < -0.39 is 8.15 Å². The van der Waals surface area contributed by atoms with Gasteiger partial charge in [-0.15, -0.1) is 0 Å². The van der Waals surface area contributed by atoms with Gasteiger partial charge in [-0.05, 0) is 5.82 Å². The molecule has 2 nitrogen and oxygen atoms in total. The van der Waals surface area contributed by atoms with Crippen LogP contribution in [-0.4, -0.2) is 17.1 Å². The van der Waals surface area contributed by atoms with Gasteiger partial charge < -0.3 is 9.63 Å². The summed E-state index contributed by atoms with van der Waals surface area (Å²) in [7, 11) is -0.686. The van der Waals surface area contributed by atoms with Crippen LogP contribution in [0.4, 0.5) is 0 Å². The van der Waals surface area contributed by atoms with Crippen LogP contribution in [0.25, 0.3) is 0 Å². The molecule has 1 unspecified atom stereocenters. The van der Waals surface area contributed by atoms with E-state index in [0.717, 1.165) is 0 Å². The summed E-state index contributed by atoms with van der Waals surface area (Å²) in [5, 5.41) is 8.56. The molecule has 0 aromatic carbocycles. The van der Waals surface area contributed by atoms with Crippen molar-refractivity contribution in [1.29, 1.82) is 0 Å². The summed E-state index contributed by atoms with van der Waals surface area (Å²) in [5.74, 6) is 1.77. The van der Waals surface area contributed by atoms with Crippen molar-refractivity contribution >= 4 is 8.15 Å². The maximum Gasteiger partial charge on any atom is 0.147 e. The predicted octanol–water partition coefficient (Wildman–Crippen LogP) is 2.29. The van der Waals surface area contributed by atoms with Crippen molar-refractivity contribution in [3.05, 3.63) is 12.4 Å². The fourth-order valence-electron chi connectivity index (χ4n) is 0.582. The molecule has 0 saturated heterocycles. The Bertz CT molecular complexity index is 107. The minimum atomic E-state index is -0.686. The van der Waals surface area contributed by atoms with E-state index in [1.54, 1.807) is 5.82 Å². The number of hydrogen-bond donors (Lipinski definition) is 1. The molecule has 0 radical (unpaired) electrons. The monoisotopic (exact) mass is 162 g/mol. The molecule has 0 bridgehead atoms. The molecule has 0 aliphatic rings. The van der Waals surface area contributed by atoms with Crippen molar-refractivity contribution < 1.29 is 9.63 Å². The quantitative estimate of drug-likeness (QED) is 0.509. The van der Waals surface area contributed by atoms with Crippen molar-refractivity contribution in [2.75, 3.05) is 6.79 Å². The molecule has 3 heteroatoms. The average Bonchev–Trinajstić information content (AvgIpc) is 1.80. The lowest BCUT2D eigenvalue weighted by atomic mass is 10.3. The van der Waals surface area contributed by atoms with Gasteiger partial charge in [-0.3, -0.25) is 0 Å². The Hall–Kier alpha value is 0.0900. The largest absolute Gasteiger partial charge is 0.370 e. The second kappa shape index (κ2) is 4.07. The Balaban J connectivity index is 3.93. The van der Waals surface area contributed by atoms with Gasteiger partial charge in [0.2, 0.25) is 0 Å². The van der Waals surface area contributed by atoms with Gasteiger partial charge in [0, 0.05) is 5.16 Å². The summed E-state index contributed by atoms with van der Waals surface area (Å²) in [5.41, 5.74) is 0. The molecule has 0 fully saturated rings. The molecule has 60 valence electrons. The molecule has 0 amide bonds. The lowest BCUT2D eigenvalue weighted by Gasteiger charge is -2.26. The van der Waals surface area contributed by atoms with Crippen LogP contribution in [0, 0.1) is 0 Å². The van der Waals surface area contributed by atoms with E-state index in [-0.39, 0.29) is 11.9 Å². The zero-order valence-electron chi connectivity index (χ0n) is 6.79. The smallest absolute Gasteiger partial charge is 0.147 e. The maximum atomic E-state index is 8.48. The Morgan fingerprint density at radius 1 is 1.60 bits per heavy atom. The second-order valence-electron chi connectivity index (χ2n) is 2.94. The van der Waals surface area contributed by atoms with Crippen molar-refractivity contribution in [1.82, 2.24) is 0 Å². The third-order valence-electron chi connectivity index (χ3n) is 1.02. The molecule has 0 aliphatic carbocycles. The number of hydrogen-bond acceptors (Lipinski definition) is 2. The maximum absolute atomic E-state index is 8.48. The Kier molecular flexibility index (Phi) is 4.11.